The summed E-state index contributed by atoms with van der Waals surface area (Å²) < 4.78 is 0. The van der Waals surface area contributed by atoms with Gasteiger partial charge in [-0.25, -0.2) is 4.79 Å². The molecule has 0 saturated heterocycles. The number of rotatable bonds is 3. The molecule has 7 heteroatoms. The van der Waals surface area contributed by atoms with Gasteiger partial charge in [-0.3, -0.25) is 14.9 Å². The molecule has 0 fully saturated rings. The molecule has 0 aromatic heterocycles. The number of hydrogen-bond donors (Lipinski definition) is 1. The molecule has 1 N–H and O–H groups in total. The van der Waals surface area contributed by atoms with Gasteiger partial charge in [0, 0.05) is 24.4 Å². The summed E-state index contributed by atoms with van der Waals surface area (Å²) >= 11 is 0. The van der Waals surface area contributed by atoms with Crippen LogP contribution in [0, 0.1) is 10.1 Å². The molecule has 1 aliphatic heterocycles. The van der Waals surface area contributed by atoms with E-state index in [0.717, 1.165) is 0 Å². The molecule has 2 aromatic carbocycles. The molecule has 0 spiro atoms. The van der Waals surface area contributed by atoms with Crippen molar-refractivity contribution in [1.29, 1.82) is 0 Å². The smallest absolute Gasteiger partial charge is 0.336 e. The van der Waals surface area contributed by atoms with Crippen molar-refractivity contribution in [1.82, 2.24) is 0 Å². The number of nitro groups is 1. The van der Waals surface area contributed by atoms with Gasteiger partial charge in [0.15, 0.2) is 0 Å². The molecule has 0 aliphatic carbocycles. The zero-order valence-corrected chi connectivity index (χ0v) is 11.9. The minimum Gasteiger partial charge on any atom is -0.478 e. The van der Waals surface area contributed by atoms with Gasteiger partial charge in [-0.05, 0) is 30.2 Å². The number of anilines is 1. The first-order chi connectivity index (χ1) is 11.0. The molecule has 1 heterocycles. The van der Waals surface area contributed by atoms with Crippen LogP contribution in [-0.4, -0.2) is 28.5 Å². The van der Waals surface area contributed by atoms with Gasteiger partial charge in [-0.2, -0.15) is 0 Å². The van der Waals surface area contributed by atoms with E-state index in [4.69, 9.17) is 0 Å². The molecule has 0 bridgehead atoms. The van der Waals surface area contributed by atoms with Crippen LogP contribution in [0.4, 0.5) is 11.4 Å². The van der Waals surface area contributed by atoms with Gasteiger partial charge in [-0.15, -0.1) is 0 Å². The maximum absolute atomic E-state index is 12.7. The lowest BCUT2D eigenvalue weighted by molar-refractivity contribution is -0.384. The largest absolute Gasteiger partial charge is 0.478 e. The molecule has 0 saturated carbocycles. The first-order valence-corrected chi connectivity index (χ1v) is 6.90. The summed E-state index contributed by atoms with van der Waals surface area (Å²) in [5, 5.41) is 20.0. The van der Waals surface area contributed by atoms with Gasteiger partial charge in [-0.1, -0.05) is 12.1 Å². The molecule has 2 aromatic rings. The van der Waals surface area contributed by atoms with E-state index >= 15 is 0 Å². The van der Waals surface area contributed by atoms with Crippen molar-refractivity contribution >= 4 is 23.3 Å². The zero-order chi connectivity index (χ0) is 16.6. The second-order valence-electron chi connectivity index (χ2n) is 5.13. The van der Waals surface area contributed by atoms with Crippen LogP contribution < -0.4 is 4.90 Å². The molecule has 116 valence electrons. The lowest BCUT2D eigenvalue weighted by Crippen LogP contribution is -2.30. The fourth-order valence-electron chi connectivity index (χ4n) is 2.71. The third-order valence-corrected chi connectivity index (χ3v) is 3.80. The minimum atomic E-state index is -1.17. The summed E-state index contributed by atoms with van der Waals surface area (Å²) in [6.45, 7) is 0.364. The molecular formula is C16H12N2O5. The number of benzene rings is 2. The Kier molecular flexibility index (Phi) is 3.53. The number of aromatic carboxylic acids is 1. The highest BCUT2D eigenvalue weighted by molar-refractivity contribution is 6.12. The zero-order valence-electron chi connectivity index (χ0n) is 11.9. The highest BCUT2D eigenvalue weighted by atomic mass is 16.6. The average Bonchev–Trinajstić information content (AvgIpc) is 2.97. The third kappa shape index (κ3) is 2.52. The van der Waals surface area contributed by atoms with E-state index < -0.39 is 16.8 Å². The Morgan fingerprint density at radius 1 is 1.13 bits per heavy atom. The average molecular weight is 312 g/mol. The SMILES string of the molecule is O=C(O)c1ccccc1C(=O)N1CCc2cc([N+](=O)[O-])ccc21. The number of nitro benzene ring substituents is 1. The molecule has 0 atom stereocenters. The Morgan fingerprint density at radius 3 is 2.48 bits per heavy atom. The summed E-state index contributed by atoms with van der Waals surface area (Å²) in [5.41, 5.74) is 1.31. The van der Waals surface area contributed by atoms with Crippen LogP contribution >= 0.6 is 0 Å². The Hall–Kier alpha value is -3.22. The molecule has 7 nitrogen and oxygen atoms in total. The van der Waals surface area contributed by atoms with E-state index in [1.54, 1.807) is 12.1 Å². The van der Waals surface area contributed by atoms with Crippen molar-refractivity contribution in [2.75, 3.05) is 11.4 Å². The molecule has 23 heavy (non-hydrogen) atoms. The van der Waals surface area contributed by atoms with E-state index in [1.807, 2.05) is 0 Å². The monoisotopic (exact) mass is 312 g/mol. The summed E-state index contributed by atoms with van der Waals surface area (Å²) in [4.78, 5) is 35.7. The van der Waals surface area contributed by atoms with Crippen LogP contribution in [0.3, 0.4) is 0 Å². The molecule has 0 unspecified atom stereocenters. The number of carbonyl (C=O) groups excluding carboxylic acids is 1. The number of carboxylic acid groups (broad SMARTS) is 1. The minimum absolute atomic E-state index is 0.0241. The number of amides is 1. The second-order valence-corrected chi connectivity index (χ2v) is 5.13. The Labute approximate surface area is 130 Å². The number of carboxylic acids is 1. The van der Waals surface area contributed by atoms with Crippen molar-refractivity contribution in [2.24, 2.45) is 0 Å². The van der Waals surface area contributed by atoms with Crippen molar-refractivity contribution < 1.29 is 19.6 Å². The first-order valence-electron chi connectivity index (χ1n) is 6.90. The summed E-state index contributed by atoms with van der Waals surface area (Å²) in [6, 6.07) is 10.3. The van der Waals surface area contributed by atoms with Gasteiger partial charge in [0.05, 0.1) is 16.1 Å². The van der Waals surface area contributed by atoms with Crippen molar-refractivity contribution in [2.45, 2.75) is 6.42 Å². The van der Waals surface area contributed by atoms with Gasteiger partial charge in [0.25, 0.3) is 11.6 Å². The van der Waals surface area contributed by atoms with Gasteiger partial charge >= 0.3 is 5.97 Å². The predicted octanol–water partition coefficient (Wildman–Crippen LogP) is 2.50. The lowest BCUT2D eigenvalue weighted by atomic mass is 10.1. The van der Waals surface area contributed by atoms with E-state index in [-0.39, 0.29) is 16.8 Å². The predicted molar refractivity (Wildman–Crippen MR) is 81.9 cm³/mol. The highest BCUT2D eigenvalue weighted by Crippen LogP contribution is 2.32. The molecular weight excluding hydrogens is 300 g/mol. The number of non-ortho nitro benzene ring substituents is 1. The van der Waals surface area contributed by atoms with Crippen molar-refractivity contribution in [3.63, 3.8) is 0 Å². The number of nitrogens with zero attached hydrogens (tertiary/aromatic N) is 2. The topological polar surface area (TPSA) is 101 Å². The second kappa shape index (κ2) is 5.53. The van der Waals surface area contributed by atoms with Crippen molar-refractivity contribution in [3.8, 4) is 0 Å². The quantitative estimate of drug-likeness (QED) is 0.693. The van der Waals surface area contributed by atoms with E-state index in [1.165, 1.54) is 35.2 Å². The van der Waals surface area contributed by atoms with Gasteiger partial charge < -0.3 is 10.0 Å². The molecule has 1 aliphatic rings. The Morgan fingerprint density at radius 2 is 1.83 bits per heavy atom. The first kappa shape index (κ1) is 14.7. The van der Waals surface area contributed by atoms with Gasteiger partial charge in [0.1, 0.15) is 0 Å². The van der Waals surface area contributed by atoms with E-state index in [2.05, 4.69) is 0 Å². The van der Waals surface area contributed by atoms with Crippen LogP contribution in [0.25, 0.3) is 0 Å². The third-order valence-electron chi connectivity index (χ3n) is 3.80. The van der Waals surface area contributed by atoms with Crippen LogP contribution in [-0.2, 0) is 6.42 Å². The van der Waals surface area contributed by atoms with E-state index in [9.17, 15) is 24.8 Å². The molecule has 0 radical (unpaired) electrons. The van der Waals surface area contributed by atoms with Crippen LogP contribution in [0.2, 0.25) is 0 Å². The van der Waals surface area contributed by atoms with Crippen molar-refractivity contribution in [3.05, 3.63) is 69.3 Å². The summed E-state index contributed by atoms with van der Waals surface area (Å²) in [7, 11) is 0. The lowest BCUT2D eigenvalue weighted by Gasteiger charge is -2.18. The molecule has 1 amide bonds. The number of fused-ring (bicyclic) bond motifs is 1. The maximum atomic E-state index is 12.7. The molecule has 3 rings (SSSR count). The fourth-order valence-corrected chi connectivity index (χ4v) is 2.71. The summed E-state index contributed by atoms with van der Waals surface area (Å²) in [5.74, 6) is -1.59. The Balaban J connectivity index is 1.99. The standard InChI is InChI=1S/C16H12N2O5/c19-15(12-3-1-2-4-13(12)16(20)21)17-8-7-10-9-11(18(22)23)5-6-14(10)17/h1-6,9H,7-8H2,(H,20,21). The normalized spacial score (nSPS) is 12.8. The highest BCUT2D eigenvalue weighted by Gasteiger charge is 2.29. The van der Waals surface area contributed by atoms with Gasteiger partial charge in [0.2, 0.25) is 0 Å². The number of hydrogen-bond acceptors (Lipinski definition) is 4. The van der Waals surface area contributed by atoms with Crippen LogP contribution in [0.5, 0.6) is 0 Å². The number of carbonyl (C=O) groups is 2. The van der Waals surface area contributed by atoms with E-state index in [0.29, 0.717) is 24.2 Å². The van der Waals surface area contributed by atoms with Crippen LogP contribution in [0.1, 0.15) is 26.3 Å². The van der Waals surface area contributed by atoms with Crippen LogP contribution in [0.15, 0.2) is 42.5 Å². The Bertz CT molecular complexity index is 831. The summed E-state index contributed by atoms with van der Waals surface area (Å²) in [6.07, 6.45) is 0.498. The fraction of sp³-hybridized carbons (Fsp3) is 0.125. The maximum Gasteiger partial charge on any atom is 0.336 e.